The minimum Gasteiger partial charge on any atom is -0.490 e. The molecule has 166 valence electrons. The van der Waals surface area contributed by atoms with Crippen LogP contribution in [0.1, 0.15) is 75.2 Å². The summed E-state index contributed by atoms with van der Waals surface area (Å²) in [5, 5.41) is 0. The van der Waals surface area contributed by atoms with Crippen LogP contribution in [-0.2, 0) is 9.53 Å². The number of ether oxygens (including phenoxy) is 2. The van der Waals surface area contributed by atoms with E-state index < -0.39 is 5.60 Å². The number of nitrogens with zero attached hydrogens (tertiary/aromatic N) is 1. The van der Waals surface area contributed by atoms with Crippen molar-refractivity contribution < 1.29 is 19.1 Å². The maximum absolute atomic E-state index is 12.7. The lowest BCUT2D eigenvalue weighted by Gasteiger charge is -2.29. The van der Waals surface area contributed by atoms with Crippen LogP contribution in [0.3, 0.4) is 0 Å². The molecule has 31 heavy (non-hydrogen) atoms. The maximum atomic E-state index is 12.7. The Bertz CT molecular complexity index is 908. The van der Waals surface area contributed by atoms with E-state index in [9.17, 15) is 9.59 Å². The third-order valence-electron chi connectivity index (χ3n) is 5.67. The number of pyridine rings is 1. The Morgan fingerprint density at radius 1 is 1.16 bits per heavy atom. The molecule has 2 aromatic rings. The van der Waals surface area contributed by atoms with E-state index in [0.29, 0.717) is 23.6 Å². The number of aromatic nitrogens is 1. The summed E-state index contributed by atoms with van der Waals surface area (Å²) in [7, 11) is 0. The summed E-state index contributed by atoms with van der Waals surface area (Å²) in [6.45, 7) is 7.57. The van der Waals surface area contributed by atoms with Crippen LogP contribution in [0.4, 0.5) is 0 Å². The van der Waals surface area contributed by atoms with E-state index in [1.54, 1.807) is 18.3 Å². The average Bonchev–Trinajstić information content (AvgIpc) is 2.72. The molecule has 1 aromatic carbocycles. The van der Waals surface area contributed by atoms with Crippen molar-refractivity contribution in [1.82, 2.24) is 4.98 Å². The van der Waals surface area contributed by atoms with Gasteiger partial charge in [0.25, 0.3) is 0 Å². The van der Waals surface area contributed by atoms with E-state index in [0.717, 1.165) is 55.3 Å². The molecule has 0 amide bonds. The van der Waals surface area contributed by atoms with Gasteiger partial charge in [-0.3, -0.25) is 4.98 Å². The van der Waals surface area contributed by atoms with Gasteiger partial charge < -0.3 is 14.3 Å². The van der Waals surface area contributed by atoms with Crippen molar-refractivity contribution in [3.63, 3.8) is 0 Å². The maximum Gasteiger partial charge on any atom is 0.340 e. The highest BCUT2D eigenvalue weighted by atomic mass is 16.6. The van der Waals surface area contributed by atoms with Crippen LogP contribution in [0.2, 0.25) is 0 Å². The number of carbonyl (C=O) groups excluding carboxylic acids is 2. The van der Waals surface area contributed by atoms with Gasteiger partial charge in [0.2, 0.25) is 0 Å². The molecule has 0 N–H and O–H groups in total. The summed E-state index contributed by atoms with van der Waals surface area (Å²) in [4.78, 5) is 27.7. The fraction of sp³-hybridized carbons (Fsp3) is 0.500. The molecule has 5 nitrogen and oxygen atoms in total. The molecular formula is C26H33NO4. The van der Waals surface area contributed by atoms with E-state index in [1.807, 2.05) is 45.9 Å². The summed E-state index contributed by atoms with van der Waals surface area (Å²) in [6.07, 6.45) is 8.85. The molecular weight excluding hydrogens is 390 g/mol. The topological polar surface area (TPSA) is 65.5 Å². The molecule has 0 atom stereocenters. The summed E-state index contributed by atoms with van der Waals surface area (Å²) in [6, 6.07) is 9.44. The number of aldehydes is 1. The quantitative estimate of drug-likeness (QED) is 0.408. The number of hydrogen-bond donors (Lipinski definition) is 0. The minimum absolute atomic E-state index is 0.213. The minimum atomic E-state index is -0.566. The van der Waals surface area contributed by atoms with Crippen LogP contribution in [0, 0.1) is 12.8 Å². The van der Waals surface area contributed by atoms with Crippen LogP contribution in [0.15, 0.2) is 36.5 Å². The van der Waals surface area contributed by atoms with Crippen molar-refractivity contribution in [2.75, 3.05) is 0 Å². The van der Waals surface area contributed by atoms with Gasteiger partial charge in [-0.25, -0.2) is 4.79 Å². The van der Waals surface area contributed by atoms with Crippen molar-refractivity contribution in [2.24, 2.45) is 5.92 Å². The Morgan fingerprint density at radius 3 is 2.55 bits per heavy atom. The number of esters is 1. The molecule has 0 unspecified atom stereocenters. The normalized spacial score (nSPS) is 19.0. The monoisotopic (exact) mass is 423 g/mol. The zero-order valence-electron chi connectivity index (χ0n) is 19.0. The number of hydrogen-bond acceptors (Lipinski definition) is 5. The van der Waals surface area contributed by atoms with Gasteiger partial charge in [0.05, 0.1) is 17.4 Å². The van der Waals surface area contributed by atoms with Gasteiger partial charge in [0, 0.05) is 18.2 Å². The molecule has 1 aliphatic carbocycles. The van der Waals surface area contributed by atoms with Gasteiger partial charge >= 0.3 is 5.97 Å². The molecule has 1 heterocycles. The molecule has 1 fully saturated rings. The number of benzene rings is 1. The van der Waals surface area contributed by atoms with Crippen molar-refractivity contribution in [2.45, 2.75) is 77.9 Å². The molecule has 0 aliphatic heterocycles. The summed E-state index contributed by atoms with van der Waals surface area (Å²) < 4.78 is 11.8. The standard InChI is InChI=1S/C26H33NO4/c1-18-17-21(30-20-11-9-19(10-12-20)7-6-16-28)13-14-22(18)24-23(8-5-15-27-24)25(29)31-26(2,3)4/h5,8,13-17,19-20H,6-7,9-12H2,1-4H3. The number of rotatable bonds is 7. The Hall–Kier alpha value is -2.69. The van der Waals surface area contributed by atoms with Crippen LogP contribution < -0.4 is 4.74 Å². The van der Waals surface area contributed by atoms with Crippen LogP contribution in [-0.4, -0.2) is 28.9 Å². The van der Waals surface area contributed by atoms with Gasteiger partial charge in [-0.1, -0.05) is 0 Å². The molecule has 5 heteroatoms. The van der Waals surface area contributed by atoms with E-state index in [2.05, 4.69) is 4.98 Å². The lowest BCUT2D eigenvalue weighted by Crippen LogP contribution is -2.24. The molecule has 0 radical (unpaired) electrons. The fourth-order valence-electron chi connectivity index (χ4n) is 4.13. The highest BCUT2D eigenvalue weighted by Crippen LogP contribution is 2.33. The Labute approximate surface area is 185 Å². The lowest BCUT2D eigenvalue weighted by molar-refractivity contribution is -0.108. The highest BCUT2D eigenvalue weighted by Gasteiger charge is 2.24. The van der Waals surface area contributed by atoms with Crippen LogP contribution in [0.5, 0.6) is 5.75 Å². The zero-order valence-corrected chi connectivity index (χ0v) is 19.0. The molecule has 0 bridgehead atoms. The second kappa shape index (κ2) is 10.1. The summed E-state index contributed by atoms with van der Waals surface area (Å²) >= 11 is 0. The highest BCUT2D eigenvalue weighted by molar-refractivity contribution is 5.96. The van der Waals surface area contributed by atoms with Gasteiger partial charge in [-0.2, -0.15) is 0 Å². The van der Waals surface area contributed by atoms with Crippen LogP contribution in [0.25, 0.3) is 11.3 Å². The molecule has 0 saturated heterocycles. The van der Waals surface area contributed by atoms with E-state index in [4.69, 9.17) is 9.47 Å². The first-order chi connectivity index (χ1) is 14.8. The fourth-order valence-corrected chi connectivity index (χ4v) is 4.13. The SMILES string of the molecule is Cc1cc(OC2CCC(CCC=O)CC2)ccc1-c1ncccc1C(=O)OC(C)(C)C. The molecule has 3 rings (SSSR count). The number of aryl methyl sites for hydroxylation is 1. The van der Waals surface area contributed by atoms with Crippen molar-refractivity contribution in [3.05, 3.63) is 47.7 Å². The summed E-state index contributed by atoms with van der Waals surface area (Å²) in [5.74, 6) is 1.11. The predicted octanol–water partition coefficient (Wildman–Crippen LogP) is 5.93. The second-order valence-electron chi connectivity index (χ2n) is 9.38. The largest absolute Gasteiger partial charge is 0.490 e. The Morgan fingerprint density at radius 2 is 1.90 bits per heavy atom. The number of carbonyl (C=O) groups is 2. The molecule has 1 aromatic heterocycles. The Kier molecular flexibility index (Phi) is 7.47. The lowest BCUT2D eigenvalue weighted by atomic mass is 9.84. The van der Waals surface area contributed by atoms with Crippen molar-refractivity contribution in [1.29, 1.82) is 0 Å². The van der Waals surface area contributed by atoms with Gasteiger partial charge in [0.15, 0.2) is 0 Å². The first kappa shape index (κ1) is 23.0. The van der Waals surface area contributed by atoms with Crippen molar-refractivity contribution >= 4 is 12.3 Å². The smallest absolute Gasteiger partial charge is 0.340 e. The first-order valence-corrected chi connectivity index (χ1v) is 11.2. The van der Waals surface area contributed by atoms with Gasteiger partial charge in [-0.15, -0.1) is 0 Å². The van der Waals surface area contributed by atoms with E-state index >= 15 is 0 Å². The molecule has 0 spiro atoms. The van der Waals surface area contributed by atoms with E-state index in [-0.39, 0.29) is 12.1 Å². The van der Waals surface area contributed by atoms with Crippen LogP contribution >= 0.6 is 0 Å². The van der Waals surface area contributed by atoms with Gasteiger partial charge in [-0.05, 0) is 102 Å². The average molecular weight is 424 g/mol. The second-order valence-corrected chi connectivity index (χ2v) is 9.38. The third-order valence-corrected chi connectivity index (χ3v) is 5.67. The van der Waals surface area contributed by atoms with E-state index in [1.165, 1.54) is 0 Å². The zero-order chi connectivity index (χ0) is 22.4. The van der Waals surface area contributed by atoms with Crippen molar-refractivity contribution in [3.8, 4) is 17.0 Å². The summed E-state index contributed by atoms with van der Waals surface area (Å²) in [5.41, 5.74) is 2.41. The molecule has 1 saturated carbocycles. The molecule has 1 aliphatic rings. The predicted molar refractivity (Wildman–Crippen MR) is 121 cm³/mol. The van der Waals surface area contributed by atoms with Gasteiger partial charge in [0.1, 0.15) is 17.6 Å². The Balaban J connectivity index is 1.71. The first-order valence-electron chi connectivity index (χ1n) is 11.2. The third kappa shape index (κ3) is 6.39.